The minimum atomic E-state index is -0.579. The van der Waals surface area contributed by atoms with E-state index < -0.39 is 17.6 Å². The topological polar surface area (TPSA) is 78.5 Å². The van der Waals surface area contributed by atoms with E-state index in [4.69, 9.17) is 0 Å². The molecule has 6 nitrogen and oxygen atoms in total. The molecule has 0 unspecified atom stereocenters. The summed E-state index contributed by atoms with van der Waals surface area (Å²) in [5.74, 6) is -1.86. The molecule has 2 N–H and O–H groups in total. The predicted molar refractivity (Wildman–Crippen MR) is 126 cm³/mol. The molecule has 0 saturated heterocycles. The first kappa shape index (κ1) is 22.0. The highest BCUT2D eigenvalue weighted by atomic mass is 19.1. The Bertz CT molecular complexity index is 1310. The van der Waals surface area contributed by atoms with E-state index in [9.17, 15) is 18.8 Å². The third kappa shape index (κ3) is 4.39. The van der Waals surface area contributed by atoms with E-state index in [1.165, 1.54) is 25.1 Å². The molecule has 0 bridgehead atoms. The first-order valence-electron chi connectivity index (χ1n) is 10.4. The number of aryl methyl sites for hydroxylation is 2. The fourth-order valence-electron chi connectivity index (χ4n) is 3.64. The van der Waals surface area contributed by atoms with Crippen LogP contribution in [0.2, 0.25) is 0 Å². The summed E-state index contributed by atoms with van der Waals surface area (Å²) in [6, 6.07) is 17.7. The minimum Gasteiger partial charge on any atom is -0.350 e. The first-order chi connectivity index (χ1) is 15.7. The number of hydrogen-bond acceptors (Lipinski definition) is 4. The Hall–Kier alpha value is -4.26. The second-order valence-electron chi connectivity index (χ2n) is 7.86. The summed E-state index contributed by atoms with van der Waals surface area (Å²) in [5.41, 5.74) is 4.24. The van der Waals surface area contributed by atoms with Gasteiger partial charge in [-0.05, 0) is 73.0 Å². The fourth-order valence-corrected chi connectivity index (χ4v) is 3.64. The molecule has 0 aliphatic carbocycles. The van der Waals surface area contributed by atoms with Gasteiger partial charge in [-0.3, -0.25) is 14.4 Å². The molecule has 33 heavy (non-hydrogen) atoms. The third-order valence-electron chi connectivity index (χ3n) is 5.42. The van der Waals surface area contributed by atoms with E-state index in [1.807, 2.05) is 26.0 Å². The summed E-state index contributed by atoms with van der Waals surface area (Å²) in [5, 5.41) is 5.74. The summed E-state index contributed by atoms with van der Waals surface area (Å²) in [6.07, 6.45) is 0. The van der Waals surface area contributed by atoms with E-state index in [2.05, 4.69) is 10.6 Å². The Morgan fingerprint density at radius 1 is 0.848 bits per heavy atom. The summed E-state index contributed by atoms with van der Waals surface area (Å²) in [7, 11) is 0. The summed E-state index contributed by atoms with van der Waals surface area (Å²) in [4.78, 5) is 39.1. The molecule has 166 valence electrons. The van der Waals surface area contributed by atoms with E-state index in [0.29, 0.717) is 16.9 Å². The van der Waals surface area contributed by atoms with Crippen LogP contribution in [0.4, 0.5) is 21.5 Å². The third-order valence-corrected chi connectivity index (χ3v) is 5.42. The second-order valence-corrected chi connectivity index (χ2v) is 7.86. The molecule has 0 fully saturated rings. The summed E-state index contributed by atoms with van der Waals surface area (Å²) in [6.45, 7) is 5.30. The molecule has 0 aromatic heterocycles. The molecule has 1 aliphatic rings. The maximum Gasteiger partial charge on any atom is 0.282 e. The van der Waals surface area contributed by atoms with E-state index >= 15 is 0 Å². The number of carbonyl (C=O) groups is 3. The zero-order chi connectivity index (χ0) is 23.7. The van der Waals surface area contributed by atoms with Gasteiger partial charge < -0.3 is 10.6 Å². The average molecular weight is 443 g/mol. The molecular formula is C26H22FN3O3. The molecule has 1 heterocycles. The van der Waals surface area contributed by atoms with Gasteiger partial charge >= 0.3 is 0 Å². The summed E-state index contributed by atoms with van der Waals surface area (Å²) >= 11 is 0. The van der Waals surface area contributed by atoms with Crippen LogP contribution in [0.5, 0.6) is 0 Å². The Morgan fingerprint density at radius 3 is 2.18 bits per heavy atom. The van der Waals surface area contributed by atoms with Gasteiger partial charge in [-0.1, -0.05) is 24.3 Å². The molecule has 0 saturated carbocycles. The molecule has 4 rings (SSSR count). The van der Waals surface area contributed by atoms with Gasteiger partial charge in [0.1, 0.15) is 11.5 Å². The van der Waals surface area contributed by atoms with Crippen molar-refractivity contribution in [2.75, 3.05) is 15.5 Å². The lowest BCUT2D eigenvalue weighted by atomic mass is 9.99. The van der Waals surface area contributed by atoms with Gasteiger partial charge in [0.15, 0.2) is 0 Å². The number of nitrogens with zero attached hydrogens (tertiary/aromatic N) is 1. The van der Waals surface area contributed by atoms with E-state index in [-0.39, 0.29) is 22.9 Å². The number of benzene rings is 3. The van der Waals surface area contributed by atoms with Crippen molar-refractivity contribution < 1.29 is 18.8 Å². The quantitative estimate of drug-likeness (QED) is 0.556. The lowest BCUT2D eigenvalue weighted by Crippen LogP contribution is -2.32. The van der Waals surface area contributed by atoms with Crippen LogP contribution in [0.3, 0.4) is 0 Å². The van der Waals surface area contributed by atoms with Crippen LogP contribution in [0.15, 0.2) is 72.4 Å². The Morgan fingerprint density at radius 2 is 1.55 bits per heavy atom. The zero-order valence-electron chi connectivity index (χ0n) is 18.4. The number of imide groups is 1. The zero-order valence-corrected chi connectivity index (χ0v) is 18.4. The molecule has 0 radical (unpaired) electrons. The van der Waals surface area contributed by atoms with Crippen LogP contribution >= 0.6 is 0 Å². The van der Waals surface area contributed by atoms with Crippen LogP contribution in [0.1, 0.15) is 23.6 Å². The molecular weight excluding hydrogens is 421 g/mol. The van der Waals surface area contributed by atoms with Crippen LogP contribution in [-0.2, 0) is 14.4 Å². The van der Waals surface area contributed by atoms with Crippen LogP contribution in [0, 0.1) is 19.7 Å². The smallest absolute Gasteiger partial charge is 0.282 e. The lowest BCUT2D eigenvalue weighted by molar-refractivity contribution is -0.120. The molecule has 1 aliphatic heterocycles. The number of carbonyl (C=O) groups excluding carboxylic acids is 3. The van der Waals surface area contributed by atoms with Crippen molar-refractivity contribution >= 4 is 40.4 Å². The van der Waals surface area contributed by atoms with Crippen LogP contribution in [0.25, 0.3) is 5.57 Å². The predicted octanol–water partition coefficient (Wildman–Crippen LogP) is 4.80. The number of rotatable bonds is 5. The lowest BCUT2D eigenvalue weighted by Gasteiger charge is -2.15. The molecule has 7 heteroatoms. The van der Waals surface area contributed by atoms with Gasteiger partial charge in [-0.15, -0.1) is 0 Å². The SMILES string of the molecule is CC(=O)Nc1ccc(NC2=C(c3ccc(C)c(C)c3)C(=O)N(c3cccc(F)c3)C2=O)cc1. The maximum absolute atomic E-state index is 13.9. The monoisotopic (exact) mass is 443 g/mol. The van der Waals surface area contributed by atoms with Crippen molar-refractivity contribution in [1.29, 1.82) is 0 Å². The minimum absolute atomic E-state index is 0.0970. The Kier molecular flexibility index (Phi) is 5.79. The van der Waals surface area contributed by atoms with Gasteiger partial charge in [-0.25, -0.2) is 9.29 Å². The van der Waals surface area contributed by atoms with Crippen molar-refractivity contribution in [3.63, 3.8) is 0 Å². The van der Waals surface area contributed by atoms with Gasteiger partial charge in [0.2, 0.25) is 5.91 Å². The largest absolute Gasteiger partial charge is 0.350 e. The van der Waals surface area contributed by atoms with Gasteiger partial charge in [-0.2, -0.15) is 0 Å². The highest BCUT2D eigenvalue weighted by molar-refractivity contribution is 6.46. The maximum atomic E-state index is 13.9. The average Bonchev–Trinajstić information content (AvgIpc) is 3.00. The standard InChI is InChI=1S/C26H22FN3O3/c1-15-7-8-18(13-16(15)2)23-24(29-21-11-9-20(10-12-21)28-17(3)31)26(33)30(25(23)32)22-6-4-5-19(27)14-22/h4-14,29H,1-3H3,(H,28,31). The number of halogens is 1. The van der Waals surface area contributed by atoms with Crippen molar-refractivity contribution in [2.24, 2.45) is 0 Å². The highest BCUT2D eigenvalue weighted by Crippen LogP contribution is 2.34. The van der Waals surface area contributed by atoms with Crippen LogP contribution in [-0.4, -0.2) is 17.7 Å². The van der Waals surface area contributed by atoms with Crippen molar-refractivity contribution in [3.05, 3.63) is 94.9 Å². The molecule has 3 aromatic rings. The van der Waals surface area contributed by atoms with Crippen molar-refractivity contribution in [2.45, 2.75) is 20.8 Å². The number of hydrogen-bond donors (Lipinski definition) is 2. The van der Waals surface area contributed by atoms with Gasteiger partial charge in [0, 0.05) is 18.3 Å². The summed E-state index contributed by atoms with van der Waals surface area (Å²) < 4.78 is 13.9. The van der Waals surface area contributed by atoms with Gasteiger partial charge in [0.05, 0.1) is 11.3 Å². The Labute approximate surface area is 190 Å². The number of anilines is 3. The Balaban J connectivity index is 1.78. The van der Waals surface area contributed by atoms with E-state index in [0.717, 1.165) is 22.1 Å². The molecule has 0 spiro atoms. The molecule has 3 aromatic carbocycles. The molecule has 0 atom stereocenters. The number of nitrogens with one attached hydrogen (secondary N) is 2. The molecule has 3 amide bonds. The number of amides is 3. The van der Waals surface area contributed by atoms with Crippen molar-refractivity contribution in [3.8, 4) is 0 Å². The van der Waals surface area contributed by atoms with Crippen molar-refractivity contribution in [1.82, 2.24) is 0 Å². The van der Waals surface area contributed by atoms with Gasteiger partial charge in [0.25, 0.3) is 11.8 Å². The highest BCUT2D eigenvalue weighted by Gasteiger charge is 2.40. The van der Waals surface area contributed by atoms with E-state index in [1.54, 1.807) is 30.3 Å². The first-order valence-corrected chi connectivity index (χ1v) is 10.4. The van der Waals surface area contributed by atoms with Crippen LogP contribution < -0.4 is 15.5 Å². The fraction of sp³-hybridized carbons (Fsp3) is 0.115. The second kappa shape index (κ2) is 8.70. The normalized spacial score (nSPS) is 13.5.